The molecule has 0 fully saturated rings. The van der Waals surface area contributed by atoms with Crippen LogP contribution in [0.5, 0.6) is 17.2 Å². The summed E-state index contributed by atoms with van der Waals surface area (Å²) in [5.41, 5.74) is -3.00. The second-order valence-electron chi connectivity index (χ2n) is 5.25. The summed E-state index contributed by atoms with van der Waals surface area (Å²) < 4.78 is 0. The van der Waals surface area contributed by atoms with Crippen molar-refractivity contribution in [3.05, 3.63) is 78.9 Å². The van der Waals surface area contributed by atoms with Gasteiger partial charge < -0.3 is 15.3 Å². The second-order valence-corrected chi connectivity index (χ2v) is 5.25. The number of nitrogens with zero attached hydrogens (tertiary/aromatic N) is 3. The summed E-state index contributed by atoms with van der Waals surface area (Å²) in [5.74, 6) is -0.813. The van der Waals surface area contributed by atoms with Gasteiger partial charge in [0.2, 0.25) is 0 Å². The standard InChI is InChI=1S/C10H8O2.C6H3N3O7/c11-9-5-1-3-7-8(9)4-2-6-10(7)12;10-6-4(8(13)14)1-3(7(11)12)2-5(6)9(15)16/h1-6,11-12H;1-2,10H. The number of phenolic OH excluding ortho intramolecular Hbond substituents is 3. The van der Waals surface area contributed by atoms with Gasteiger partial charge in [0.25, 0.3) is 11.4 Å². The highest BCUT2D eigenvalue weighted by Crippen LogP contribution is 2.39. The summed E-state index contributed by atoms with van der Waals surface area (Å²) in [7, 11) is 0. The predicted octanol–water partition coefficient (Wildman–Crippen LogP) is 3.37. The molecule has 0 amide bonds. The van der Waals surface area contributed by atoms with Crippen LogP contribution in [0.15, 0.2) is 48.5 Å². The molecule has 0 aromatic heterocycles. The lowest BCUT2D eigenvalue weighted by Gasteiger charge is -2.01. The van der Waals surface area contributed by atoms with E-state index in [1.54, 1.807) is 36.4 Å². The van der Waals surface area contributed by atoms with Crippen LogP contribution in [0.25, 0.3) is 10.8 Å². The Kier molecular flexibility index (Phi) is 5.54. The van der Waals surface area contributed by atoms with Gasteiger partial charge in [0.1, 0.15) is 11.5 Å². The molecule has 0 saturated heterocycles. The average Bonchev–Trinajstić information content (AvgIpc) is 2.63. The van der Waals surface area contributed by atoms with E-state index in [0.717, 1.165) is 0 Å². The van der Waals surface area contributed by atoms with E-state index in [-0.39, 0.29) is 11.5 Å². The van der Waals surface area contributed by atoms with Gasteiger partial charge in [-0.3, -0.25) is 30.3 Å². The zero-order valence-electron chi connectivity index (χ0n) is 13.8. The SMILES string of the molecule is O=[N+]([O-])c1cc([N+](=O)[O-])c(O)c([N+](=O)[O-])c1.Oc1cccc2c(O)cccc12. The van der Waals surface area contributed by atoms with Crippen molar-refractivity contribution >= 4 is 27.8 Å². The van der Waals surface area contributed by atoms with Gasteiger partial charge in [-0.1, -0.05) is 24.3 Å². The second kappa shape index (κ2) is 7.82. The van der Waals surface area contributed by atoms with Gasteiger partial charge in [0, 0.05) is 10.8 Å². The van der Waals surface area contributed by atoms with Crippen LogP contribution in [-0.2, 0) is 0 Å². The number of fused-ring (bicyclic) bond motifs is 1. The highest BCUT2D eigenvalue weighted by Gasteiger charge is 2.30. The Labute approximate surface area is 155 Å². The van der Waals surface area contributed by atoms with Crippen LogP contribution in [0.4, 0.5) is 17.1 Å². The number of phenols is 3. The first-order valence-corrected chi connectivity index (χ1v) is 7.33. The number of nitro benzene ring substituents is 3. The first-order chi connectivity index (χ1) is 13.1. The summed E-state index contributed by atoms with van der Waals surface area (Å²) in [6, 6.07) is 11.0. The molecule has 3 N–H and O–H groups in total. The zero-order valence-corrected chi connectivity index (χ0v) is 13.8. The van der Waals surface area contributed by atoms with Gasteiger partial charge in [0.15, 0.2) is 0 Å². The molecule has 28 heavy (non-hydrogen) atoms. The lowest BCUT2D eigenvalue weighted by molar-refractivity contribution is -0.404. The fraction of sp³-hybridized carbons (Fsp3) is 0. The number of hydrogen-bond acceptors (Lipinski definition) is 9. The minimum atomic E-state index is -1.21. The van der Waals surface area contributed by atoms with E-state index < -0.39 is 37.6 Å². The van der Waals surface area contributed by atoms with E-state index >= 15 is 0 Å². The molecule has 0 spiro atoms. The number of hydrogen-bond donors (Lipinski definition) is 3. The third-order valence-corrected chi connectivity index (χ3v) is 3.53. The van der Waals surface area contributed by atoms with Crippen LogP contribution in [0.2, 0.25) is 0 Å². The van der Waals surface area contributed by atoms with E-state index in [0.29, 0.717) is 22.9 Å². The summed E-state index contributed by atoms with van der Waals surface area (Å²) in [6.07, 6.45) is 0. The largest absolute Gasteiger partial charge is 0.507 e. The summed E-state index contributed by atoms with van der Waals surface area (Å²) in [5, 5.41) is 60.3. The van der Waals surface area contributed by atoms with Crippen LogP contribution in [0.1, 0.15) is 0 Å². The molecule has 0 atom stereocenters. The van der Waals surface area contributed by atoms with Gasteiger partial charge in [-0.15, -0.1) is 0 Å². The summed E-state index contributed by atoms with van der Waals surface area (Å²) >= 11 is 0. The van der Waals surface area contributed by atoms with Crippen molar-refractivity contribution in [2.45, 2.75) is 0 Å². The van der Waals surface area contributed by atoms with E-state index in [4.69, 9.17) is 5.11 Å². The van der Waals surface area contributed by atoms with Crippen LogP contribution < -0.4 is 0 Å². The van der Waals surface area contributed by atoms with Crippen molar-refractivity contribution < 1.29 is 30.1 Å². The molecule has 0 unspecified atom stereocenters. The van der Waals surface area contributed by atoms with Crippen LogP contribution >= 0.6 is 0 Å². The first-order valence-electron chi connectivity index (χ1n) is 7.33. The van der Waals surface area contributed by atoms with Crippen molar-refractivity contribution in [1.29, 1.82) is 0 Å². The Hall–Kier alpha value is -4.48. The van der Waals surface area contributed by atoms with E-state index in [9.17, 15) is 40.6 Å². The molecule has 0 saturated carbocycles. The molecular weight excluding hydrogens is 378 g/mol. The highest BCUT2D eigenvalue weighted by molar-refractivity contribution is 5.92. The van der Waals surface area contributed by atoms with Gasteiger partial charge in [0.05, 0.1) is 26.9 Å². The van der Waals surface area contributed by atoms with Gasteiger partial charge in [-0.05, 0) is 12.1 Å². The average molecular weight is 389 g/mol. The minimum Gasteiger partial charge on any atom is -0.507 e. The maximum Gasteiger partial charge on any atom is 0.324 e. The molecule has 12 heteroatoms. The number of nitro groups is 3. The molecule has 3 rings (SSSR count). The van der Waals surface area contributed by atoms with Crippen molar-refractivity contribution in [1.82, 2.24) is 0 Å². The van der Waals surface area contributed by atoms with Crippen molar-refractivity contribution in [2.24, 2.45) is 0 Å². The third-order valence-electron chi connectivity index (χ3n) is 3.53. The number of benzene rings is 3. The molecule has 0 aliphatic carbocycles. The van der Waals surface area contributed by atoms with Crippen molar-refractivity contribution in [2.75, 3.05) is 0 Å². The molecule has 12 nitrogen and oxygen atoms in total. The lowest BCUT2D eigenvalue weighted by Crippen LogP contribution is -1.97. The van der Waals surface area contributed by atoms with Gasteiger partial charge in [-0.25, -0.2) is 0 Å². The molecule has 0 bridgehead atoms. The zero-order chi connectivity index (χ0) is 21.0. The molecule has 0 aliphatic rings. The van der Waals surface area contributed by atoms with Crippen LogP contribution in [-0.4, -0.2) is 30.1 Å². The Morgan fingerprint density at radius 1 is 0.643 bits per heavy atom. The van der Waals surface area contributed by atoms with E-state index in [1.165, 1.54) is 0 Å². The van der Waals surface area contributed by atoms with Gasteiger partial charge in [-0.2, -0.15) is 0 Å². The number of aromatic hydroxyl groups is 3. The monoisotopic (exact) mass is 389 g/mol. The first kappa shape index (κ1) is 19.8. The fourth-order valence-electron chi connectivity index (χ4n) is 2.25. The summed E-state index contributed by atoms with van der Waals surface area (Å²) in [6.45, 7) is 0. The van der Waals surface area contributed by atoms with Crippen LogP contribution in [0, 0.1) is 30.3 Å². The molecule has 144 valence electrons. The fourth-order valence-corrected chi connectivity index (χ4v) is 2.25. The number of non-ortho nitro benzene ring substituents is 1. The Bertz CT molecular complexity index is 1020. The maximum atomic E-state index is 10.4. The predicted molar refractivity (Wildman–Crippen MR) is 95.3 cm³/mol. The Morgan fingerprint density at radius 2 is 1.04 bits per heavy atom. The van der Waals surface area contributed by atoms with Crippen molar-refractivity contribution in [3.8, 4) is 17.2 Å². The molecule has 3 aromatic carbocycles. The Morgan fingerprint density at radius 3 is 1.36 bits per heavy atom. The van der Waals surface area contributed by atoms with E-state index in [1.807, 2.05) is 0 Å². The Balaban J connectivity index is 0.000000207. The third kappa shape index (κ3) is 4.01. The molecule has 0 radical (unpaired) electrons. The highest BCUT2D eigenvalue weighted by atomic mass is 16.6. The molecular formula is C16H11N3O9. The lowest BCUT2D eigenvalue weighted by atomic mass is 10.1. The van der Waals surface area contributed by atoms with Gasteiger partial charge >= 0.3 is 11.4 Å². The number of rotatable bonds is 3. The van der Waals surface area contributed by atoms with E-state index in [2.05, 4.69) is 0 Å². The molecule has 3 aromatic rings. The topological polar surface area (TPSA) is 190 Å². The van der Waals surface area contributed by atoms with Crippen molar-refractivity contribution in [3.63, 3.8) is 0 Å². The quantitative estimate of drug-likeness (QED) is 0.445. The maximum absolute atomic E-state index is 10.4. The summed E-state index contributed by atoms with van der Waals surface area (Å²) in [4.78, 5) is 27.8. The minimum absolute atomic E-state index is 0.198. The normalized spacial score (nSPS) is 10.0. The molecule has 0 heterocycles. The smallest absolute Gasteiger partial charge is 0.324 e. The molecule has 0 aliphatic heterocycles. The van der Waals surface area contributed by atoms with Crippen LogP contribution in [0.3, 0.4) is 0 Å².